The highest BCUT2D eigenvalue weighted by Crippen LogP contribution is 2.33. The third-order valence-electron chi connectivity index (χ3n) is 3.65. The maximum Gasteiger partial charge on any atom is 0.224 e. The number of ether oxygens (including phenoxy) is 2. The number of amides is 1. The molecule has 1 amide bonds. The Balaban J connectivity index is 2.08. The van der Waals surface area contributed by atoms with Crippen molar-refractivity contribution in [2.24, 2.45) is 0 Å². The lowest BCUT2D eigenvalue weighted by Gasteiger charge is -2.16. The van der Waals surface area contributed by atoms with Crippen LogP contribution in [0.25, 0.3) is 0 Å². The number of halogens is 2. The molecule has 0 spiro atoms. The van der Waals surface area contributed by atoms with E-state index in [0.29, 0.717) is 11.5 Å². The van der Waals surface area contributed by atoms with E-state index in [4.69, 9.17) is 9.47 Å². The molecule has 1 unspecified atom stereocenters. The van der Waals surface area contributed by atoms with Crippen LogP contribution >= 0.6 is 31.9 Å². The Morgan fingerprint density at radius 3 is 2.25 bits per heavy atom. The number of hydrogen-bond donors (Lipinski definition) is 1. The van der Waals surface area contributed by atoms with E-state index in [2.05, 4.69) is 37.2 Å². The van der Waals surface area contributed by atoms with Crippen LogP contribution in [0.4, 0.5) is 0 Å². The molecule has 0 aliphatic carbocycles. The molecule has 0 aromatic heterocycles. The zero-order chi connectivity index (χ0) is 17.7. The van der Waals surface area contributed by atoms with Crippen molar-refractivity contribution in [2.45, 2.75) is 19.4 Å². The molecule has 2 aromatic carbocycles. The molecule has 1 atom stereocenters. The average molecular weight is 457 g/mol. The molecule has 0 aliphatic rings. The summed E-state index contributed by atoms with van der Waals surface area (Å²) in [5.74, 6) is 1.17. The highest BCUT2D eigenvalue weighted by molar-refractivity contribution is 9.10. The quantitative estimate of drug-likeness (QED) is 0.688. The van der Waals surface area contributed by atoms with Gasteiger partial charge in [-0.1, -0.05) is 44.0 Å². The van der Waals surface area contributed by atoms with E-state index in [0.717, 1.165) is 20.1 Å². The lowest BCUT2D eigenvalue weighted by molar-refractivity contribution is -0.121. The summed E-state index contributed by atoms with van der Waals surface area (Å²) in [5.41, 5.74) is 1.89. The third kappa shape index (κ3) is 4.74. The van der Waals surface area contributed by atoms with Gasteiger partial charge in [0.1, 0.15) is 0 Å². The molecule has 0 saturated heterocycles. The predicted octanol–water partition coefficient (Wildman–Crippen LogP) is 4.65. The van der Waals surface area contributed by atoms with Gasteiger partial charge >= 0.3 is 0 Å². The van der Waals surface area contributed by atoms with Gasteiger partial charge in [0.15, 0.2) is 11.5 Å². The standard InChI is InChI=1S/C18H19Br2NO3/c1-11(12-4-6-14(19)7-5-12)21-18(22)9-13-8-16(23-2)17(24-3)10-15(13)20/h4-8,10-11H,9H2,1-3H3,(H,21,22). The summed E-state index contributed by atoms with van der Waals surface area (Å²) in [5, 5.41) is 3.01. The summed E-state index contributed by atoms with van der Waals surface area (Å²) in [7, 11) is 3.15. The van der Waals surface area contributed by atoms with Gasteiger partial charge < -0.3 is 14.8 Å². The molecule has 24 heavy (non-hydrogen) atoms. The highest BCUT2D eigenvalue weighted by Gasteiger charge is 2.15. The first kappa shape index (κ1) is 18.8. The highest BCUT2D eigenvalue weighted by atomic mass is 79.9. The molecule has 0 heterocycles. The van der Waals surface area contributed by atoms with Crippen molar-refractivity contribution in [3.8, 4) is 11.5 Å². The number of rotatable bonds is 6. The molecule has 0 bridgehead atoms. The van der Waals surface area contributed by atoms with Gasteiger partial charge in [0.25, 0.3) is 0 Å². The molecule has 0 saturated carbocycles. The maximum absolute atomic E-state index is 12.4. The van der Waals surface area contributed by atoms with Crippen molar-refractivity contribution in [3.63, 3.8) is 0 Å². The van der Waals surface area contributed by atoms with Gasteiger partial charge in [-0.2, -0.15) is 0 Å². The fraction of sp³-hybridized carbons (Fsp3) is 0.278. The number of hydrogen-bond acceptors (Lipinski definition) is 3. The minimum atomic E-state index is -0.0653. The molecule has 4 nitrogen and oxygen atoms in total. The lowest BCUT2D eigenvalue weighted by Crippen LogP contribution is -2.28. The fourth-order valence-electron chi connectivity index (χ4n) is 2.33. The van der Waals surface area contributed by atoms with E-state index in [1.165, 1.54) is 0 Å². The molecule has 0 aliphatic heterocycles. The minimum Gasteiger partial charge on any atom is -0.493 e. The van der Waals surface area contributed by atoms with Crippen molar-refractivity contribution in [1.82, 2.24) is 5.32 Å². The van der Waals surface area contributed by atoms with E-state index < -0.39 is 0 Å². The number of carbonyl (C=O) groups is 1. The minimum absolute atomic E-state index is 0.0571. The Morgan fingerprint density at radius 1 is 1.08 bits per heavy atom. The first-order chi connectivity index (χ1) is 11.4. The van der Waals surface area contributed by atoms with Crippen LogP contribution < -0.4 is 14.8 Å². The first-order valence-corrected chi connectivity index (χ1v) is 8.98. The Morgan fingerprint density at radius 2 is 1.67 bits per heavy atom. The summed E-state index contributed by atoms with van der Waals surface area (Å²) in [6.07, 6.45) is 0.252. The van der Waals surface area contributed by atoms with Gasteiger partial charge in [-0.15, -0.1) is 0 Å². The van der Waals surface area contributed by atoms with Crippen LogP contribution in [-0.2, 0) is 11.2 Å². The topological polar surface area (TPSA) is 47.6 Å². The van der Waals surface area contributed by atoms with Crippen LogP contribution in [0.1, 0.15) is 24.1 Å². The van der Waals surface area contributed by atoms with E-state index in [9.17, 15) is 4.79 Å². The van der Waals surface area contributed by atoms with Crippen molar-refractivity contribution in [2.75, 3.05) is 14.2 Å². The van der Waals surface area contributed by atoms with Gasteiger partial charge in [-0.05, 0) is 42.3 Å². The largest absolute Gasteiger partial charge is 0.493 e. The summed E-state index contributed by atoms with van der Waals surface area (Å²) >= 11 is 6.89. The van der Waals surface area contributed by atoms with Crippen LogP contribution in [0.5, 0.6) is 11.5 Å². The van der Waals surface area contributed by atoms with Crippen molar-refractivity contribution < 1.29 is 14.3 Å². The molecule has 128 valence electrons. The number of carbonyl (C=O) groups excluding carboxylic acids is 1. The second-order valence-corrected chi connectivity index (χ2v) is 7.09. The zero-order valence-corrected chi connectivity index (χ0v) is 16.9. The van der Waals surface area contributed by atoms with Crippen LogP contribution in [0, 0.1) is 0 Å². The van der Waals surface area contributed by atoms with E-state index in [-0.39, 0.29) is 18.4 Å². The molecule has 0 radical (unpaired) electrons. The van der Waals surface area contributed by atoms with Crippen LogP contribution in [-0.4, -0.2) is 20.1 Å². The Kier molecular flexibility index (Phi) is 6.69. The number of methoxy groups -OCH3 is 2. The average Bonchev–Trinajstić information content (AvgIpc) is 2.56. The smallest absolute Gasteiger partial charge is 0.224 e. The Bertz CT molecular complexity index is 717. The molecule has 2 aromatic rings. The lowest BCUT2D eigenvalue weighted by atomic mass is 10.1. The van der Waals surface area contributed by atoms with Gasteiger partial charge in [0.2, 0.25) is 5.91 Å². The normalized spacial score (nSPS) is 11.7. The summed E-state index contributed by atoms with van der Waals surface area (Å²) < 4.78 is 12.4. The van der Waals surface area contributed by atoms with Gasteiger partial charge in [0.05, 0.1) is 26.7 Å². The van der Waals surface area contributed by atoms with E-state index in [1.807, 2.05) is 37.3 Å². The zero-order valence-electron chi connectivity index (χ0n) is 13.7. The molecule has 1 N–H and O–H groups in total. The second-order valence-electron chi connectivity index (χ2n) is 5.32. The predicted molar refractivity (Wildman–Crippen MR) is 102 cm³/mol. The van der Waals surface area contributed by atoms with Crippen LogP contribution in [0.2, 0.25) is 0 Å². The molecule has 2 rings (SSSR count). The second kappa shape index (κ2) is 8.53. The Hall–Kier alpha value is -1.53. The van der Waals surface area contributed by atoms with Crippen molar-refractivity contribution >= 4 is 37.8 Å². The third-order valence-corrected chi connectivity index (χ3v) is 4.92. The molecule has 6 heteroatoms. The monoisotopic (exact) mass is 455 g/mol. The maximum atomic E-state index is 12.4. The fourth-order valence-corrected chi connectivity index (χ4v) is 3.06. The molecular weight excluding hydrogens is 438 g/mol. The van der Waals surface area contributed by atoms with Crippen LogP contribution in [0.3, 0.4) is 0 Å². The summed E-state index contributed by atoms with van der Waals surface area (Å²) in [6.45, 7) is 1.96. The Labute approximate surface area is 158 Å². The number of nitrogens with one attached hydrogen (secondary N) is 1. The SMILES string of the molecule is COc1cc(Br)c(CC(=O)NC(C)c2ccc(Br)cc2)cc1OC. The molecular formula is C18H19Br2NO3. The number of benzene rings is 2. The van der Waals surface area contributed by atoms with Gasteiger partial charge in [-0.3, -0.25) is 4.79 Å². The van der Waals surface area contributed by atoms with E-state index >= 15 is 0 Å². The molecule has 0 fully saturated rings. The first-order valence-electron chi connectivity index (χ1n) is 7.39. The van der Waals surface area contributed by atoms with Gasteiger partial charge in [-0.25, -0.2) is 0 Å². The van der Waals surface area contributed by atoms with E-state index in [1.54, 1.807) is 20.3 Å². The van der Waals surface area contributed by atoms with Crippen LogP contribution in [0.15, 0.2) is 45.3 Å². The van der Waals surface area contributed by atoms with Crippen molar-refractivity contribution in [1.29, 1.82) is 0 Å². The summed E-state index contributed by atoms with van der Waals surface area (Å²) in [4.78, 5) is 12.4. The van der Waals surface area contributed by atoms with Crippen molar-refractivity contribution in [3.05, 3.63) is 56.5 Å². The summed E-state index contributed by atoms with van der Waals surface area (Å²) in [6, 6.07) is 11.4. The van der Waals surface area contributed by atoms with Gasteiger partial charge in [0, 0.05) is 8.95 Å².